The van der Waals surface area contributed by atoms with Crippen LogP contribution in [0.25, 0.3) is 0 Å². The van der Waals surface area contributed by atoms with Crippen molar-refractivity contribution in [2.24, 2.45) is 10.7 Å². The molecule has 36 heavy (non-hydrogen) atoms. The lowest BCUT2D eigenvalue weighted by Gasteiger charge is -2.17. The second kappa shape index (κ2) is 11.2. The van der Waals surface area contributed by atoms with Gasteiger partial charge < -0.3 is 25.8 Å². The standard InChI is InChI=1S/C27H28N4O5/c1-27(2,3)36-26(34)31-23(28)18-8-7-9-19(16-18)25(33)30-22-11-6-5-10-21(22)29-24(32)17-12-14-20(35-4)15-13-17/h5-16H,1-4H3,(H,29,32)(H,30,33)(H2,28,31,34). The number of nitrogens with zero attached hydrogens (tertiary/aromatic N) is 1. The maximum atomic E-state index is 13.0. The van der Waals surface area contributed by atoms with Gasteiger partial charge in [-0.05, 0) is 69.3 Å². The molecule has 0 atom stereocenters. The van der Waals surface area contributed by atoms with Crippen LogP contribution in [-0.2, 0) is 4.74 Å². The van der Waals surface area contributed by atoms with Crippen molar-refractivity contribution in [3.05, 3.63) is 89.5 Å². The highest BCUT2D eigenvalue weighted by atomic mass is 16.6. The number of ether oxygens (including phenoxy) is 2. The summed E-state index contributed by atoms with van der Waals surface area (Å²) in [6, 6.07) is 19.9. The van der Waals surface area contributed by atoms with Gasteiger partial charge in [0.2, 0.25) is 0 Å². The van der Waals surface area contributed by atoms with Crippen molar-refractivity contribution in [1.82, 2.24) is 0 Å². The maximum absolute atomic E-state index is 13.0. The lowest BCUT2D eigenvalue weighted by Crippen LogP contribution is -2.24. The second-order valence-corrected chi connectivity index (χ2v) is 8.74. The fourth-order valence-electron chi connectivity index (χ4n) is 3.10. The Labute approximate surface area is 209 Å². The summed E-state index contributed by atoms with van der Waals surface area (Å²) in [5.41, 5.74) is 7.18. The van der Waals surface area contributed by atoms with Crippen LogP contribution in [0.1, 0.15) is 47.1 Å². The van der Waals surface area contributed by atoms with E-state index in [0.29, 0.717) is 28.3 Å². The summed E-state index contributed by atoms with van der Waals surface area (Å²) in [6.45, 7) is 5.16. The van der Waals surface area contributed by atoms with Gasteiger partial charge in [0.05, 0.1) is 18.5 Å². The minimum absolute atomic E-state index is 0.0777. The van der Waals surface area contributed by atoms with Crippen LogP contribution in [0.4, 0.5) is 16.2 Å². The fraction of sp³-hybridized carbons (Fsp3) is 0.185. The number of carbonyl (C=O) groups is 3. The zero-order valence-electron chi connectivity index (χ0n) is 20.5. The second-order valence-electron chi connectivity index (χ2n) is 8.74. The molecule has 3 aromatic carbocycles. The van der Waals surface area contributed by atoms with Crippen molar-refractivity contribution in [3.8, 4) is 5.75 Å². The molecule has 0 radical (unpaired) electrons. The SMILES string of the molecule is COc1ccc(C(=O)Nc2ccccc2NC(=O)c2cccc(/C(N)=N/C(=O)OC(C)(C)C)c2)cc1. The molecule has 0 heterocycles. The Morgan fingerprint density at radius 2 is 1.33 bits per heavy atom. The predicted molar refractivity (Wildman–Crippen MR) is 139 cm³/mol. The van der Waals surface area contributed by atoms with Gasteiger partial charge in [-0.15, -0.1) is 0 Å². The molecule has 4 N–H and O–H groups in total. The summed E-state index contributed by atoms with van der Waals surface area (Å²) in [7, 11) is 1.55. The molecule has 0 saturated carbocycles. The molecule has 3 rings (SSSR count). The molecular weight excluding hydrogens is 460 g/mol. The van der Waals surface area contributed by atoms with Crippen LogP contribution in [0.2, 0.25) is 0 Å². The van der Waals surface area contributed by atoms with Gasteiger partial charge in [0, 0.05) is 16.7 Å². The molecule has 186 valence electrons. The zero-order chi connectivity index (χ0) is 26.3. The molecule has 0 aliphatic heterocycles. The first-order chi connectivity index (χ1) is 17.1. The summed E-state index contributed by atoms with van der Waals surface area (Å²) < 4.78 is 10.3. The number of hydrogen-bond acceptors (Lipinski definition) is 5. The van der Waals surface area contributed by atoms with Crippen LogP contribution in [0, 0.1) is 0 Å². The molecule has 0 aliphatic carbocycles. The Kier molecular flexibility index (Phi) is 8.06. The van der Waals surface area contributed by atoms with Crippen LogP contribution in [0.15, 0.2) is 77.8 Å². The van der Waals surface area contributed by atoms with Crippen molar-refractivity contribution in [1.29, 1.82) is 0 Å². The number of carbonyl (C=O) groups excluding carboxylic acids is 3. The Morgan fingerprint density at radius 1 is 0.778 bits per heavy atom. The number of amidine groups is 1. The topological polar surface area (TPSA) is 132 Å². The third kappa shape index (κ3) is 7.17. The molecule has 0 saturated heterocycles. The maximum Gasteiger partial charge on any atom is 0.436 e. The fourth-order valence-corrected chi connectivity index (χ4v) is 3.10. The number of methoxy groups -OCH3 is 1. The van der Waals surface area contributed by atoms with E-state index in [1.807, 2.05) is 0 Å². The number of benzene rings is 3. The third-order valence-electron chi connectivity index (χ3n) is 4.80. The third-order valence-corrected chi connectivity index (χ3v) is 4.80. The molecule has 0 spiro atoms. The quantitative estimate of drug-likeness (QED) is 0.336. The first kappa shape index (κ1) is 26.0. The Morgan fingerprint density at radius 3 is 1.89 bits per heavy atom. The van der Waals surface area contributed by atoms with Crippen molar-refractivity contribution in [2.45, 2.75) is 26.4 Å². The van der Waals surface area contributed by atoms with Crippen LogP contribution in [0.5, 0.6) is 5.75 Å². The van der Waals surface area contributed by atoms with E-state index in [4.69, 9.17) is 15.2 Å². The predicted octanol–water partition coefficient (Wildman–Crippen LogP) is 4.84. The minimum Gasteiger partial charge on any atom is -0.497 e. The number of anilines is 2. The van der Waals surface area contributed by atoms with Gasteiger partial charge >= 0.3 is 6.09 Å². The van der Waals surface area contributed by atoms with Gasteiger partial charge in [0.15, 0.2) is 0 Å². The van der Waals surface area contributed by atoms with E-state index in [1.165, 1.54) is 6.07 Å². The summed E-state index contributed by atoms with van der Waals surface area (Å²) in [5.74, 6) is -0.218. The monoisotopic (exact) mass is 488 g/mol. The van der Waals surface area contributed by atoms with Crippen LogP contribution >= 0.6 is 0 Å². The van der Waals surface area contributed by atoms with E-state index in [2.05, 4.69) is 15.6 Å². The summed E-state index contributed by atoms with van der Waals surface area (Å²) >= 11 is 0. The number of nitrogens with two attached hydrogens (primary N) is 1. The largest absolute Gasteiger partial charge is 0.497 e. The number of aliphatic imine (C=N–C) groups is 1. The van der Waals surface area contributed by atoms with Gasteiger partial charge in [-0.25, -0.2) is 4.79 Å². The van der Waals surface area contributed by atoms with Gasteiger partial charge in [-0.1, -0.05) is 24.3 Å². The van der Waals surface area contributed by atoms with E-state index in [9.17, 15) is 14.4 Å². The normalized spacial score (nSPS) is 11.4. The molecular formula is C27H28N4O5. The van der Waals surface area contributed by atoms with E-state index in [-0.39, 0.29) is 17.3 Å². The number of para-hydroxylation sites is 2. The molecule has 9 nitrogen and oxygen atoms in total. The molecule has 0 aliphatic rings. The molecule has 0 bridgehead atoms. The smallest absolute Gasteiger partial charge is 0.436 e. The average Bonchev–Trinajstić information content (AvgIpc) is 2.84. The highest BCUT2D eigenvalue weighted by Gasteiger charge is 2.17. The van der Waals surface area contributed by atoms with Crippen LogP contribution in [0.3, 0.4) is 0 Å². The minimum atomic E-state index is -0.823. The summed E-state index contributed by atoms with van der Waals surface area (Å²) in [5, 5.41) is 5.60. The average molecular weight is 489 g/mol. The lowest BCUT2D eigenvalue weighted by molar-refractivity contribution is 0.0604. The van der Waals surface area contributed by atoms with E-state index >= 15 is 0 Å². The number of nitrogens with one attached hydrogen (secondary N) is 2. The lowest BCUT2D eigenvalue weighted by atomic mass is 10.1. The van der Waals surface area contributed by atoms with Gasteiger partial charge in [0.25, 0.3) is 11.8 Å². The van der Waals surface area contributed by atoms with Crippen LogP contribution in [-0.4, -0.2) is 36.5 Å². The van der Waals surface area contributed by atoms with Crippen LogP contribution < -0.4 is 21.1 Å². The van der Waals surface area contributed by atoms with Crippen molar-refractivity contribution in [2.75, 3.05) is 17.7 Å². The van der Waals surface area contributed by atoms with Gasteiger partial charge in [0.1, 0.15) is 17.2 Å². The molecule has 3 amide bonds. The Balaban J connectivity index is 1.75. The van der Waals surface area contributed by atoms with Crippen molar-refractivity contribution < 1.29 is 23.9 Å². The first-order valence-corrected chi connectivity index (χ1v) is 11.1. The molecule has 3 aromatic rings. The Bertz CT molecular complexity index is 1290. The van der Waals surface area contributed by atoms with Gasteiger partial charge in [-0.3, -0.25) is 9.59 Å². The first-order valence-electron chi connectivity index (χ1n) is 11.1. The summed E-state index contributed by atoms with van der Waals surface area (Å²) in [4.78, 5) is 41.4. The molecule has 0 unspecified atom stereocenters. The highest BCUT2D eigenvalue weighted by molar-refractivity contribution is 6.11. The van der Waals surface area contributed by atoms with Crippen molar-refractivity contribution in [3.63, 3.8) is 0 Å². The number of rotatable bonds is 6. The van der Waals surface area contributed by atoms with Crippen molar-refractivity contribution >= 4 is 35.1 Å². The summed E-state index contributed by atoms with van der Waals surface area (Å²) in [6.07, 6.45) is -0.823. The zero-order valence-corrected chi connectivity index (χ0v) is 20.5. The van der Waals surface area contributed by atoms with Gasteiger partial charge in [-0.2, -0.15) is 4.99 Å². The van der Waals surface area contributed by atoms with E-state index < -0.39 is 17.6 Å². The molecule has 0 aromatic heterocycles. The molecule has 9 heteroatoms. The Hall–Kier alpha value is -4.66. The molecule has 0 fully saturated rings. The van der Waals surface area contributed by atoms with E-state index in [0.717, 1.165) is 0 Å². The van der Waals surface area contributed by atoms with E-state index in [1.54, 1.807) is 94.6 Å². The number of hydrogen-bond donors (Lipinski definition) is 3. The number of amides is 3. The highest BCUT2D eigenvalue weighted by Crippen LogP contribution is 2.23.